The van der Waals surface area contributed by atoms with E-state index in [2.05, 4.69) is 0 Å². The number of benzene rings is 1. The first-order valence-corrected chi connectivity index (χ1v) is 6.03. The minimum Gasteiger partial charge on any atom is -0.321 e. The fraction of sp³-hybridized carbons (Fsp3) is 0.538. The number of rotatable bonds is 1. The molecule has 0 spiro atoms. The molecule has 1 aromatic rings. The SMILES string of the molecule is CC1(F)CCC(N)(c2cccc(Cl)c2)CC1. The fourth-order valence-electron chi connectivity index (χ4n) is 2.30. The molecule has 1 aliphatic rings. The van der Waals surface area contributed by atoms with Crippen LogP contribution >= 0.6 is 11.6 Å². The summed E-state index contributed by atoms with van der Waals surface area (Å²) in [5.41, 5.74) is 5.91. The zero-order valence-electron chi connectivity index (χ0n) is 9.47. The molecule has 3 heteroatoms. The largest absolute Gasteiger partial charge is 0.321 e. The lowest BCUT2D eigenvalue weighted by Crippen LogP contribution is -2.43. The minimum atomic E-state index is -1.05. The van der Waals surface area contributed by atoms with E-state index in [-0.39, 0.29) is 0 Å². The van der Waals surface area contributed by atoms with Crippen LogP contribution in [0.15, 0.2) is 24.3 Å². The van der Waals surface area contributed by atoms with Crippen LogP contribution < -0.4 is 5.73 Å². The van der Waals surface area contributed by atoms with Crippen molar-refractivity contribution in [3.05, 3.63) is 34.9 Å². The Kier molecular flexibility index (Phi) is 2.97. The zero-order chi connectivity index (χ0) is 11.8. The molecule has 0 saturated heterocycles. The topological polar surface area (TPSA) is 26.0 Å². The van der Waals surface area contributed by atoms with Crippen LogP contribution in [0.5, 0.6) is 0 Å². The van der Waals surface area contributed by atoms with Crippen LogP contribution in [-0.4, -0.2) is 5.67 Å². The number of hydrogen-bond acceptors (Lipinski definition) is 1. The number of alkyl halides is 1. The highest BCUT2D eigenvalue weighted by Gasteiger charge is 2.38. The first kappa shape index (κ1) is 11.9. The third-order valence-corrected chi connectivity index (χ3v) is 3.82. The lowest BCUT2D eigenvalue weighted by atomic mass is 9.73. The molecule has 1 nitrogen and oxygen atoms in total. The highest BCUT2D eigenvalue weighted by atomic mass is 35.5. The lowest BCUT2D eigenvalue weighted by Gasteiger charge is -2.39. The highest BCUT2D eigenvalue weighted by Crippen LogP contribution is 2.41. The molecule has 0 aromatic heterocycles. The summed E-state index contributed by atoms with van der Waals surface area (Å²) in [6.45, 7) is 1.66. The Morgan fingerprint density at radius 3 is 2.44 bits per heavy atom. The Morgan fingerprint density at radius 2 is 1.88 bits per heavy atom. The van der Waals surface area contributed by atoms with Gasteiger partial charge in [0.05, 0.1) is 0 Å². The number of hydrogen-bond donors (Lipinski definition) is 1. The molecular formula is C13H17ClFN. The van der Waals surface area contributed by atoms with Crippen LogP contribution in [0.2, 0.25) is 5.02 Å². The van der Waals surface area contributed by atoms with Gasteiger partial charge >= 0.3 is 0 Å². The first-order valence-electron chi connectivity index (χ1n) is 5.65. The third kappa shape index (κ3) is 2.38. The van der Waals surface area contributed by atoms with Crippen LogP contribution in [0.25, 0.3) is 0 Å². The smallest absolute Gasteiger partial charge is 0.108 e. The molecule has 0 unspecified atom stereocenters. The van der Waals surface area contributed by atoms with Crippen LogP contribution in [0, 0.1) is 0 Å². The van der Waals surface area contributed by atoms with Crippen LogP contribution in [-0.2, 0) is 5.54 Å². The molecule has 0 radical (unpaired) electrons. The molecule has 1 aliphatic carbocycles. The van der Waals surface area contributed by atoms with Gasteiger partial charge in [-0.25, -0.2) is 4.39 Å². The second-order valence-electron chi connectivity index (χ2n) is 5.08. The van der Waals surface area contributed by atoms with Crippen molar-refractivity contribution >= 4 is 11.6 Å². The predicted molar refractivity (Wildman–Crippen MR) is 65.3 cm³/mol. The second-order valence-corrected chi connectivity index (χ2v) is 5.52. The van der Waals surface area contributed by atoms with Gasteiger partial charge in [0.15, 0.2) is 0 Å². The maximum absolute atomic E-state index is 13.7. The average molecular weight is 242 g/mol. The van der Waals surface area contributed by atoms with Gasteiger partial charge in [0.25, 0.3) is 0 Å². The predicted octanol–water partition coefficient (Wildman–Crippen LogP) is 3.80. The summed E-state index contributed by atoms with van der Waals surface area (Å²) in [5.74, 6) is 0. The molecule has 1 saturated carbocycles. The molecule has 0 heterocycles. The van der Waals surface area contributed by atoms with E-state index in [0.717, 1.165) is 5.56 Å². The summed E-state index contributed by atoms with van der Waals surface area (Å²) in [6.07, 6.45) is 2.41. The summed E-state index contributed by atoms with van der Waals surface area (Å²) in [5, 5.41) is 0.691. The van der Waals surface area contributed by atoms with E-state index < -0.39 is 11.2 Å². The zero-order valence-corrected chi connectivity index (χ0v) is 10.2. The molecule has 1 fully saturated rings. The van der Waals surface area contributed by atoms with Crippen molar-refractivity contribution in [1.82, 2.24) is 0 Å². The molecule has 1 aromatic carbocycles. The quantitative estimate of drug-likeness (QED) is 0.795. The van der Waals surface area contributed by atoms with Crippen molar-refractivity contribution in [1.29, 1.82) is 0 Å². The van der Waals surface area contributed by atoms with Gasteiger partial charge < -0.3 is 5.73 Å². The van der Waals surface area contributed by atoms with Gasteiger partial charge in [-0.3, -0.25) is 0 Å². The summed E-state index contributed by atoms with van der Waals surface area (Å²) in [7, 11) is 0. The van der Waals surface area contributed by atoms with E-state index in [1.165, 1.54) is 0 Å². The van der Waals surface area contributed by atoms with Gasteiger partial charge in [-0.15, -0.1) is 0 Å². The molecule has 88 valence electrons. The van der Waals surface area contributed by atoms with Gasteiger partial charge in [-0.2, -0.15) is 0 Å². The molecule has 2 N–H and O–H groups in total. The Bertz CT molecular complexity index is 379. The molecule has 0 amide bonds. The Balaban J connectivity index is 2.21. The molecule has 0 atom stereocenters. The van der Waals surface area contributed by atoms with Crippen molar-refractivity contribution < 1.29 is 4.39 Å². The van der Waals surface area contributed by atoms with Gasteiger partial charge in [-0.05, 0) is 50.3 Å². The normalized spacial score (nSPS) is 35.0. The van der Waals surface area contributed by atoms with Gasteiger partial charge in [0, 0.05) is 10.6 Å². The van der Waals surface area contributed by atoms with Crippen molar-refractivity contribution in [2.45, 2.75) is 43.8 Å². The van der Waals surface area contributed by atoms with E-state index in [1.54, 1.807) is 6.92 Å². The van der Waals surface area contributed by atoms with E-state index in [1.807, 2.05) is 24.3 Å². The van der Waals surface area contributed by atoms with E-state index >= 15 is 0 Å². The summed E-state index contributed by atoms with van der Waals surface area (Å²) in [4.78, 5) is 0. The lowest BCUT2D eigenvalue weighted by molar-refractivity contribution is 0.0898. The van der Waals surface area contributed by atoms with E-state index in [4.69, 9.17) is 17.3 Å². The Labute approximate surface area is 101 Å². The molecular weight excluding hydrogens is 225 g/mol. The second kappa shape index (κ2) is 4.01. The summed E-state index contributed by atoms with van der Waals surface area (Å²) < 4.78 is 13.7. The van der Waals surface area contributed by atoms with E-state index in [0.29, 0.717) is 30.7 Å². The van der Waals surface area contributed by atoms with Crippen LogP contribution in [0.3, 0.4) is 0 Å². The van der Waals surface area contributed by atoms with Crippen molar-refractivity contribution in [3.63, 3.8) is 0 Å². The van der Waals surface area contributed by atoms with Gasteiger partial charge in [-0.1, -0.05) is 23.7 Å². The van der Waals surface area contributed by atoms with Crippen molar-refractivity contribution in [3.8, 4) is 0 Å². The maximum atomic E-state index is 13.7. The standard InChI is InChI=1S/C13H17ClFN/c1-12(15)5-7-13(16,8-6-12)10-3-2-4-11(14)9-10/h2-4,9H,5-8,16H2,1H3. The minimum absolute atomic E-state index is 0.406. The maximum Gasteiger partial charge on any atom is 0.108 e. The van der Waals surface area contributed by atoms with Crippen molar-refractivity contribution in [2.24, 2.45) is 5.73 Å². The van der Waals surface area contributed by atoms with Crippen molar-refractivity contribution in [2.75, 3.05) is 0 Å². The Hall–Kier alpha value is -0.600. The van der Waals surface area contributed by atoms with Crippen LogP contribution in [0.1, 0.15) is 38.2 Å². The monoisotopic (exact) mass is 241 g/mol. The van der Waals surface area contributed by atoms with E-state index in [9.17, 15) is 4.39 Å². The third-order valence-electron chi connectivity index (χ3n) is 3.58. The van der Waals surface area contributed by atoms with Gasteiger partial charge in [0.2, 0.25) is 0 Å². The number of nitrogens with two attached hydrogens (primary N) is 1. The first-order chi connectivity index (χ1) is 7.41. The molecule has 16 heavy (non-hydrogen) atoms. The van der Waals surface area contributed by atoms with Gasteiger partial charge in [0.1, 0.15) is 5.67 Å². The number of halogens is 2. The summed E-state index contributed by atoms with van der Waals surface area (Å²) in [6, 6.07) is 7.60. The average Bonchev–Trinajstić information content (AvgIpc) is 2.23. The molecule has 0 aliphatic heterocycles. The fourth-order valence-corrected chi connectivity index (χ4v) is 2.49. The molecule has 0 bridgehead atoms. The summed E-state index contributed by atoms with van der Waals surface area (Å²) >= 11 is 5.95. The van der Waals surface area contributed by atoms with Crippen LogP contribution in [0.4, 0.5) is 4.39 Å². The highest BCUT2D eigenvalue weighted by molar-refractivity contribution is 6.30. The molecule has 2 rings (SSSR count). The Morgan fingerprint density at radius 1 is 1.25 bits per heavy atom.